The maximum Gasteiger partial charge on any atom is 0.349 e. The van der Waals surface area contributed by atoms with Crippen LogP contribution in [-0.2, 0) is 19.1 Å². The van der Waals surface area contributed by atoms with E-state index in [9.17, 15) is 24.3 Å². The van der Waals surface area contributed by atoms with Gasteiger partial charge in [0, 0.05) is 18.1 Å². The number of hydrogen-bond donors (Lipinski definition) is 2. The molecule has 0 aliphatic heterocycles. The second-order valence-corrected chi connectivity index (χ2v) is 7.45. The smallest absolute Gasteiger partial charge is 0.349 e. The monoisotopic (exact) mass is 462 g/mol. The van der Waals surface area contributed by atoms with Crippen molar-refractivity contribution in [2.45, 2.75) is 26.1 Å². The number of pyridine rings is 1. The lowest BCUT2D eigenvalue weighted by Gasteiger charge is -2.23. The van der Waals surface area contributed by atoms with E-state index in [0.717, 1.165) is 11.1 Å². The van der Waals surface area contributed by atoms with Crippen LogP contribution < -0.4 is 5.32 Å². The van der Waals surface area contributed by atoms with Crippen LogP contribution in [0.25, 0.3) is 0 Å². The molecule has 0 bridgehead atoms. The summed E-state index contributed by atoms with van der Waals surface area (Å²) in [5, 5.41) is 12.2. The molecule has 3 rings (SSSR count). The number of amides is 1. The molecule has 2 N–H and O–H groups in total. The number of carbonyl (C=O) groups excluding carboxylic acids is 3. The molecule has 9 nitrogen and oxygen atoms in total. The second kappa shape index (κ2) is 10.9. The Morgan fingerprint density at radius 2 is 1.29 bits per heavy atom. The van der Waals surface area contributed by atoms with Gasteiger partial charge in [0.05, 0.1) is 11.1 Å². The van der Waals surface area contributed by atoms with E-state index in [1.807, 2.05) is 0 Å². The second-order valence-electron chi connectivity index (χ2n) is 7.45. The molecule has 0 spiro atoms. The lowest BCUT2D eigenvalue weighted by Crippen LogP contribution is -2.48. The number of aryl methyl sites for hydroxylation is 2. The highest BCUT2D eigenvalue weighted by Crippen LogP contribution is 2.16. The Morgan fingerprint density at radius 3 is 1.76 bits per heavy atom. The van der Waals surface area contributed by atoms with Gasteiger partial charge in [-0.25, -0.2) is 14.4 Å². The highest BCUT2D eigenvalue weighted by atomic mass is 16.6. The van der Waals surface area contributed by atoms with Crippen LogP contribution in [0.2, 0.25) is 0 Å². The molecule has 0 aliphatic carbocycles. The molecular weight excluding hydrogens is 440 g/mol. The lowest BCUT2D eigenvalue weighted by molar-refractivity contribution is -0.157. The predicted molar refractivity (Wildman–Crippen MR) is 121 cm³/mol. The third-order valence-corrected chi connectivity index (χ3v) is 4.70. The zero-order valence-electron chi connectivity index (χ0n) is 18.4. The van der Waals surface area contributed by atoms with E-state index in [-0.39, 0.29) is 16.8 Å². The van der Waals surface area contributed by atoms with Crippen molar-refractivity contribution < 1.29 is 33.8 Å². The van der Waals surface area contributed by atoms with Gasteiger partial charge in [0.25, 0.3) is 5.91 Å². The number of hydrogen-bond acceptors (Lipinski definition) is 7. The van der Waals surface area contributed by atoms with Crippen molar-refractivity contribution in [1.82, 2.24) is 4.98 Å². The van der Waals surface area contributed by atoms with E-state index in [2.05, 4.69) is 10.3 Å². The Hall–Kier alpha value is -4.53. The van der Waals surface area contributed by atoms with Crippen LogP contribution in [0.5, 0.6) is 0 Å². The largest absolute Gasteiger partial charge is 0.478 e. The molecule has 2 atom stereocenters. The molecule has 2 aromatic carbocycles. The molecule has 1 amide bonds. The zero-order chi connectivity index (χ0) is 24.7. The van der Waals surface area contributed by atoms with Crippen molar-refractivity contribution in [3.05, 3.63) is 95.3 Å². The lowest BCUT2D eigenvalue weighted by atomic mass is 10.1. The predicted octanol–water partition coefficient (Wildman–Crippen LogP) is 3.17. The molecule has 0 aliphatic rings. The molecule has 9 heteroatoms. The number of benzene rings is 2. The van der Waals surface area contributed by atoms with Gasteiger partial charge in [0.1, 0.15) is 0 Å². The van der Waals surface area contributed by atoms with Gasteiger partial charge in [-0.15, -0.1) is 0 Å². The summed E-state index contributed by atoms with van der Waals surface area (Å²) in [7, 11) is 0. The van der Waals surface area contributed by atoms with Crippen LogP contribution >= 0.6 is 0 Å². The maximum absolute atomic E-state index is 13.0. The first-order valence-corrected chi connectivity index (χ1v) is 10.2. The third-order valence-electron chi connectivity index (χ3n) is 4.70. The van der Waals surface area contributed by atoms with Gasteiger partial charge in [-0.3, -0.25) is 9.78 Å². The van der Waals surface area contributed by atoms with Gasteiger partial charge >= 0.3 is 17.9 Å². The molecule has 0 saturated carbocycles. The van der Waals surface area contributed by atoms with E-state index in [4.69, 9.17) is 9.47 Å². The number of aliphatic carboxylic acids is 1. The average Bonchev–Trinajstić information content (AvgIpc) is 2.81. The van der Waals surface area contributed by atoms with Crippen molar-refractivity contribution in [1.29, 1.82) is 0 Å². The van der Waals surface area contributed by atoms with Crippen molar-refractivity contribution >= 4 is 29.5 Å². The molecular formula is C25H22N2O7. The minimum atomic E-state index is -2.11. The fourth-order valence-electron chi connectivity index (χ4n) is 3.05. The highest BCUT2D eigenvalue weighted by Gasteiger charge is 2.41. The van der Waals surface area contributed by atoms with Gasteiger partial charge in [-0.2, -0.15) is 0 Å². The summed E-state index contributed by atoms with van der Waals surface area (Å²) < 4.78 is 10.4. The fraction of sp³-hybridized carbons (Fsp3) is 0.160. The summed E-state index contributed by atoms with van der Waals surface area (Å²) in [4.78, 5) is 54.3. The van der Waals surface area contributed by atoms with Crippen LogP contribution in [0.15, 0.2) is 73.1 Å². The molecule has 0 unspecified atom stereocenters. The molecule has 1 heterocycles. The standard InChI is InChI=1S/C25H22N2O7/c1-15-5-3-7-17(13-15)24(31)33-20(22(28)27-19-9-11-26-12-10-19)21(23(29)30)34-25(32)18-8-4-6-16(2)14-18/h3-14,20-21H,1-2H3,(H,29,30)(H,26,27,28)/t20-,21-/m0/s1. The Balaban J connectivity index is 1.91. The number of nitrogens with one attached hydrogen (secondary N) is 1. The van der Waals surface area contributed by atoms with E-state index >= 15 is 0 Å². The minimum Gasteiger partial charge on any atom is -0.478 e. The number of aromatic nitrogens is 1. The number of ether oxygens (including phenoxy) is 2. The van der Waals surface area contributed by atoms with Gasteiger partial charge in [0.15, 0.2) is 0 Å². The van der Waals surface area contributed by atoms with E-state index in [0.29, 0.717) is 0 Å². The van der Waals surface area contributed by atoms with Gasteiger partial charge in [-0.05, 0) is 50.2 Å². The molecule has 174 valence electrons. The number of carboxylic acid groups (broad SMARTS) is 1. The SMILES string of the molecule is Cc1cccc(C(=O)O[C@H](C(=O)O)[C@H](OC(=O)c2cccc(C)c2)C(=O)Nc2ccncc2)c1. The number of rotatable bonds is 8. The normalized spacial score (nSPS) is 12.2. The first-order valence-electron chi connectivity index (χ1n) is 10.2. The Labute approximate surface area is 195 Å². The summed E-state index contributed by atoms with van der Waals surface area (Å²) in [6, 6.07) is 15.6. The molecule has 34 heavy (non-hydrogen) atoms. The van der Waals surface area contributed by atoms with Crippen LogP contribution in [0.1, 0.15) is 31.8 Å². The van der Waals surface area contributed by atoms with Crippen molar-refractivity contribution in [2.24, 2.45) is 0 Å². The number of anilines is 1. The maximum atomic E-state index is 13.0. The Morgan fingerprint density at radius 1 is 0.794 bits per heavy atom. The Bertz CT molecular complexity index is 1210. The van der Waals surface area contributed by atoms with E-state index < -0.39 is 36.0 Å². The number of carboxylic acids is 1. The molecule has 0 radical (unpaired) electrons. The zero-order valence-corrected chi connectivity index (χ0v) is 18.4. The summed E-state index contributed by atoms with van der Waals surface area (Å²) in [5.41, 5.74) is 1.98. The van der Waals surface area contributed by atoms with Gasteiger partial charge < -0.3 is 19.9 Å². The minimum absolute atomic E-state index is 0.0875. The summed E-state index contributed by atoms with van der Waals surface area (Å²) in [6.07, 6.45) is -1.26. The first-order chi connectivity index (χ1) is 16.2. The molecule has 0 fully saturated rings. The van der Waals surface area contributed by atoms with Crippen LogP contribution in [0, 0.1) is 13.8 Å². The molecule has 3 aromatic rings. The van der Waals surface area contributed by atoms with E-state index in [1.165, 1.54) is 48.8 Å². The first kappa shape index (κ1) is 24.1. The average molecular weight is 462 g/mol. The van der Waals surface area contributed by atoms with Crippen LogP contribution in [-0.4, -0.2) is 46.1 Å². The highest BCUT2D eigenvalue weighted by molar-refractivity contribution is 6.01. The summed E-state index contributed by atoms with van der Waals surface area (Å²) in [5.74, 6) is -4.58. The van der Waals surface area contributed by atoms with E-state index in [1.54, 1.807) is 38.1 Å². The summed E-state index contributed by atoms with van der Waals surface area (Å²) in [6.45, 7) is 3.51. The van der Waals surface area contributed by atoms with Gasteiger partial charge in [0.2, 0.25) is 12.2 Å². The van der Waals surface area contributed by atoms with Crippen molar-refractivity contribution in [3.8, 4) is 0 Å². The number of esters is 2. The molecule has 1 aromatic heterocycles. The van der Waals surface area contributed by atoms with Crippen molar-refractivity contribution in [2.75, 3.05) is 5.32 Å². The quantitative estimate of drug-likeness (QED) is 0.488. The number of nitrogens with zero attached hydrogens (tertiary/aromatic N) is 1. The van der Waals surface area contributed by atoms with Gasteiger partial charge in [-0.1, -0.05) is 35.4 Å². The van der Waals surface area contributed by atoms with Crippen molar-refractivity contribution in [3.63, 3.8) is 0 Å². The molecule has 0 saturated heterocycles. The fourth-order valence-corrected chi connectivity index (χ4v) is 3.05. The Kier molecular flexibility index (Phi) is 7.71. The number of carbonyl (C=O) groups is 4. The topological polar surface area (TPSA) is 132 Å². The summed E-state index contributed by atoms with van der Waals surface area (Å²) >= 11 is 0. The van der Waals surface area contributed by atoms with Crippen LogP contribution in [0.3, 0.4) is 0 Å². The van der Waals surface area contributed by atoms with Crippen LogP contribution in [0.4, 0.5) is 5.69 Å². The third kappa shape index (κ3) is 6.26.